The summed E-state index contributed by atoms with van der Waals surface area (Å²) >= 11 is 0. The first-order valence-electron chi connectivity index (χ1n) is 6.48. The highest BCUT2D eigenvalue weighted by molar-refractivity contribution is 5.76. The van der Waals surface area contributed by atoms with Crippen molar-refractivity contribution in [2.45, 2.75) is 13.3 Å². The first kappa shape index (κ1) is 15.8. The van der Waals surface area contributed by atoms with Gasteiger partial charge in [0, 0.05) is 6.42 Å². The molecule has 0 radical (unpaired) electrons. The summed E-state index contributed by atoms with van der Waals surface area (Å²) in [6.45, 7) is 1.81. The van der Waals surface area contributed by atoms with Gasteiger partial charge in [-0.3, -0.25) is 0 Å². The molecule has 0 unspecified atom stereocenters. The molecule has 3 heteroatoms. The zero-order chi connectivity index (χ0) is 14.8. The Hall–Kier alpha value is -2.29. The molecule has 0 fully saturated rings. The Labute approximate surface area is 120 Å². The Bertz CT molecular complexity index is 499. The highest BCUT2D eigenvalue weighted by Gasteiger charge is 2.10. The Balaban J connectivity index is 0.000000444. The molecule has 20 heavy (non-hydrogen) atoms. The summed E-state index contributed by atoms with van der Waals surface area (Å²) in [6, 6.07) is 15.9. The van der Waals surface area contributed by atoms with Crippen molar-refractivity contribution in [1.29, 1.82) is 0 Å². The molecule has 0 heterocycles. The number of methoxy groups -OCH3 is 2. The number of aldehydes is 1. The van der Waals surface area contributed by atoms with Crippen LogP contribution in [0.2, 0.25) is 0 Å². The van der Waals surface area contributed by atoms with Crippen LogP contribution in [0.3, 0.4) is 0 Å². The van der Waals surface area contributed by atoms with E-state index in [2.05, 4.69) is 0 Å². The monoisotopic (exact) mass is 272 g/mol. The summed E-state index contributed by atoms with van der Waals surface area (Å²) in [7, 11) is 3.34. The zero-order valence-electron chi connectivity index (χ0n) is 12.1. The maximum absolute atomic E-state index is 9.17. The SMILES string of the molecule is CCC=O.COc1cccc(OC)c1-c1ccccc1. The standard InChI is InChI=1S/C14H14O2.C3H6O/c1-15-12-9-6-10-13(16-2)14(12)11-7-4-3-5-8-11;1-2-3-4/h3-10H,1-2H3;3H,2H2,1H3. The van der Waals surface area contributed by atoms with Gasteiger partial charge in [-0.05, 0) is 17.7 Å². The van der Waals surface area contributed by atoms with E-state index < -0.39 is 0 Å². The normalized spacial score (nSPS) is 9.15. The van der Waals surface area contributed by atoms with Gasteiger partial charge in [0.2, 0.25) is 0 Å². The van der Waals surface area contributed by atoms with Crippen molar-refractivity contribution in [3.05, 3.63) is 48.5 Å². The predicted octanol–water partition coefficient (Wildman–Crippen LogP) is 3.97. The van der Waals surface area contributed by atoms with Gasteiger partial charge in [0.1, 0.15) is 17.8 Å². The van der Waals surface area contributed by atoms with Crippen LogP contribution < -0.4 is 9.47 Å². The second kappa shape index (κ2) is 8.75. The predicted molar refractivity (Wildman–Crippen MR) is 81.3 cm³/mol. The molecule has 0 amide bonds. The van der Waals surface area contributed by atoms with E-state index in [0.29, 0.717) is 6.42 Å². The fourth-order valence-electron chi connectivity index (χ4n) is 1.74. The fraction of sp³-hybridized carbons (Fsp3) is 0.235. The minimum Gasteiger partial charge on any atom is -0.496 e. The highest BCUT2D eigenvalue weighted by atomic mass is 16.5. The van der Waals surface area contributed by atoms with Gasteiger partial charge >= 0.3 is 0 Å². The van der Waals surface area contributed by atoms with E-state index in [1.54, 1.807) is 14.2 Å². The molecular formula is C17H20O3. The summed E-state index contributed by atoms with van der Waals surface area (Å²) in [4.78, 5) is 9.17. The van der Waals surface area contributed by atoms with Crippen molar-refractivity contribution in [1.82, 2.24) is 0 Å². The van der Waals surface area contributed by atoms with Gasteiger partial charge in [-0.15, -0.1) is 0 Å². The third-order valence-electron chi connectivity index (χ3n) is 2.66. The summed E-state index contributed by atoms with van der Waals surface area (Å²) in [5.74, 6) is 1.65. The molecule has 3 nitrogen and oxygen atoms in total. The topological polar surface area (TPSA) is 35.5 Å². The van der Waals surface area contributed by atoms with Gasteiger partial charge in [-0.2, -0.15) is 0 Å². The van der Waals surface area contributed by atoms with E-state index in [-0.39, 0.29) is 0 Å². The van der Waals surface area contributed by atoms with Crippen LogP contribution in [0.15, 0.2) is 48.5 Å². The van der Waals surface area contributed by atoms with E-state index in [9.17, 15) is 4.79 Å². The van der Waals surface area contributed by atoms with E-state index in [0.717, 1.165) is 28.9 Å². The summed E-state index contributed by atoms with van der Waals surface area (Å²) in [5, 5.41) is 0. The van der Waals surface area contributed by atoms with Crippen molar-refractivity contribution in [2.24, 2.45) is 0 Å². The molecular weight excluding hydrogens is 252 g/mol. The van der Waals surface area contributed by atoms with E-state index in [1.165, 1.54) is 0 Å². The Morgan fingerprint density at radius 3 is 1.80 bits per heavy atom. The number of rotatable bonds is 4. The van der Waals surface area contributed by atoms with Crippen LogP contribution in [-0.2, 0) is 4.79 Å². The molecule has 0 atom stereocenters. The van der Waals surface area contributed by atoms with Crippen LogP contribution in [0.1, 0.15) is 13.3 Å². The smallest absolute Gasteiger partial charge is 0.130 e. The molecule has 0 saturated heterocycles. The second-order valence-corrected chi connectivity index (χ2v) is 3.98. The highest BCUT2D eigenvalue weighted by Crippen LogP contribution is 2.37. The number of hydrogen-bond acceptors (Lipinski definition) is 3. The molecule has 0 spiro atoms. The first-order chi connectivity index (χ1) is 9.78. The lowest BCUT2D eigenvalue weighted by Gasteiger charge is -2.12. The van der Waals surface area contributed by atoms with Gasteiger partial charge in [-0.1, -0.05) is 43.3 Å². The third-order valence-corrected chi connectivity index (χ3v) is 2.66. The van der Waals surface area contributed by atoms with E-state index >= 15 is 0 Å². The Kier molecular flexibility index (Phi) is 6.90. The Morgan fingerprint density at radius 2 is 1.40 bits per heavy atom. The van der Waals surface area contributed by atoms with Crippen LogP contribution in [0.25, 0.3) is 11.1 Å². The van der Waals surface area contributed by atoms with Crippen LogP contribution >= 0.6 is 0 Å². The molecule has 106 valence electrons. The quantitative estimate of drug-likeness (QED) is 0.790. The molecule has 0 aromatic heterocycles. The summed E-state index contributed by atoms with van der Waals surface area (Å²) in [6.07, 6.45) is 1.51. The minimum atomic E-state index is 0.639. The van der Waals surface area contributed by atoms with Crippen molar-refractivity contribution in [3.63, 3.8) is 0 Å². The number of ether oxygens (including phenoxy) is 2. The number of hydrogen-bond donors (Lipinski definition) is 0. The van der Waals surface area contributed by atoms with Crippen molar-refractivity contribution >= 4 is 6.29 Å². The molecule has 0 aliphatic heterocycles. The van der Waals surface area contributed by atoms with Gasteiger partial charge < -0.3 is 14.3 Å². The van der Waals surface area contributed by atoms with Crippen molar-refractivity contribution in [2.75, 3.05) is 14.2 Å². The number of carbonyl (C=O) groups excluding carboxylic acids is 1. The molecule has 0 aliphatic rings. The van der Waals surface area contributed by atoms with Gasteiger partial charge in [0.05, 0.1) is 19.8 Å². The van der Waals surface area contributed by atoms with Gasteiger partial charge in [0.15, 0.2) is 0 Å². The summed E-state index contributed by atoms with van der Waals surface area (Å²) < 4.78 is 10.7. The largest absolute Gasteiger partial charge is 0.496 e. The number of carbonyl (C=O) groups is 1. The van der Waals surface area contributed by atoms with Crippen LogP contribution in [-0.4, -0.2) is 20.5 Å². The molecule has 2 aromatic rings. The Morgan fingerprint density at radius 1 is 0.900 bits per heavy atom. The third kappa shape index (κ3) is 4.12. The average molecular weight is 272 g/mol. The van der Waals surface area contributed by atoms with E-state index in [4.69, 9.17) is 9.47 Å². The van der Waals surface area contributed by atoms with Crippen LogP contribution in [0.4, 0.5) is 0 Å². The van der Waals surface area contributed by atoms with Crippen LogP contribution in [0.5, 0.6) is 11.5 Å². The lowest BCUT2D eigenvalue weighted by Crippen LogP contribution is -1.92. The second-order valence-electron chi connectivity index (χ2n) is 3.98. The zero-order valence-corrected chi connectivity index (χ0v) is 12.1. The maximum atomic E-state index is 9.17. The van der Waals surface area contributed by atoms with Crippen molar-refractivity contribution < 1.29 is 14.3 Å². The van der Waals surface area contributed by atoms with Crippen molar-refractivity contribution in [3.8, 4) is 22.6 Å². The number of benzene rings is 2. The molecule has 0 N–H and O–H groups in total. The van der Waals surface area contributed by atoms with Gasteiger partial charge in [0.25, 0.3) is 0 Å². The lowest BCUT2D eigenvalue weighted by atomic mass is 10.0. The minimum absolute atomic E-state index is 0.639. The molecule has 2 aromatic carbocycles. The fourth-order valence-corrected chi connectivity index (χ4v) is 1.74. The molecule has 2 rings (SSSR count). The molecule has 0 aliphatic carbocycles. The van der Waals surface area contributed by atoms with E-state index in [1.807, 2.05) is 55.5 Å². The van der Waals surface area contributed by atoms with Gasteiger partial charge in [-0.25, -0.2) is 0 Å². The van der Waals surface area contributed by atoms with Crippen LogP contribution in [0, 0.1) is 0 Å². The molecule has 0 bridgehead atoms. The lowest BCUT2D eigenvalue weighted by molar-refractivity contribution is -0.107. The average Bonchev–Trinajstić information content (AvgIpc) is 2.55. The maximum Gasteiger partial charge on any atom is 0.130 e. The summed E-state index contributed by atoms with van der Waals surface area (Å²) in [5.41, 5.74) is 2.09. The first-order valence-corrected chi connectivity index (χ1v) is 6.48. The molecule has 0 saturated carbocycles.